The molecule has 0 aliphatic rings. The van der Waals surface area contributed by atoms with Gasteiger partial charge in [0.15, 0.2) is 0 Å². The quantitative estimate of drug-likeness (QED) is 0.799. The molecule has 3 heterocycles. The number of aromatic nitrogens is 2. The fraction of sp³-hybridized carbons (Fsp3) is 0.231. The van der Waals surface area contributed by atoms with Gasteiger partial charge in [0.1, 0.15) is 10.6 Å². The summed E-state index contributed by atoms with van der Waals surface area (Å²) in [7, 11) is 3.91. The molecule has 0 amide bonds. The summed E-state index contributed by atoms with van der Waals surface area (Å²) < 4.78 is 0. The van der Waals surface area contributed by atoms with E-state index in [9.17, 15) is 0 Å². The third-order valence-electron chi connectivity index (χ3n) is 2.89. The Kier molecular flexibility index (Phi) is 3.35. The zero-order valence-corrected chi connectivity index (χ0v) is 12.4. The highest BCUT2D eigenvalue weighted by Gasteiger charge is 2.12. The average Bonchev–Trinajstić information content (AvgIpc) is 3.07. The number of nitrogens with zero attached hydrogens (tertiary/aromatic N) is 3. The molecule has 98 valence electrons. The van der Waals surface area contributed by atoms with Gasteiger partial charge in [-0.15, -0.1) is 11.3 Å². The summed E-state index contributed by atoms with van der Waals surface area (Å²) in [6.07, 6.45) is 0. The van der Waals surface area contributed by atoms with Gasteiger partial charge in [-0.1, -0.05) is 0 Å². The molecule has 1 N–H and O–H groups in total. The van der Waals surface area contributed by atoms with E-state index < -0.39 is 0 Å². The summed E-state index contributed by atoms with van der Waals surface area (Å²) in [5.41, 5.74) is 1.31. The Morgan fingerprint density at radius 1 is 1.26 bits per heavy atom. The van der Waals surface area contributed by atoms with Crippen LogP contribution < -0.4 is 10.2 Å². The molecule has 0 saturated heterocycles. The number of anilines is 2. The van der Waals surface area contributed by atoms with Gasteiger partial charge >= 0.3 is 0 Å². The number of hydrogen-bond acceptors (Lipinski definition) is 6. The predicted octanol–water partition coefficient (Wildman–Crippen LogP) is 3.43. The van der Waals surface area contributed by atoms with Crippen molar-refractivity contribution >= 4 is 44.7 Å². The average molecular weight is 290 g/mol. The second-order valence-electron chi connectivity index (χ2n) is 4.25. The third-order valence-corrected chi connectivity index (χ3v) is 4.43. The fourth-order valence-electron chi connectivity index (χ4n) is 1.97. The molecule has 0 aromatic carbocycles. The van der Waals surface area contributed by atoms with Gasteiger partial charge < -0.3 is 10.2 Å². The number of thiophene rings is 2. The second-order valence-corrected chi connectivity index (χ2v) is 5.92. The second kappa shape index (κ2) is 5.14. The highest BCUT2D eigenvalue weighted by molar-refractivity contribution is 7.16. The first kappa shape index (κ1) is 12.4. The van der Waals surface area contributed by atoms with Crippen LogP contribution in [0, 0.1) is 0 Å². The molecule has 0 saturated carbocycles. The van der Waals surface area contributed by atoms with E-state index in [1.165, 1.54) is 5.56 Å². The van der Waals surface area contributed by atoms with Crippen LogP contribution in [0.5, 0.6) is 0 Å². The normalized spacial score (nSPS) is 10.8. The Morgan fingerprint density at radius 2 is 2.16 bits per heavy atom. The molecule has 0 aliphatic heterocycles. The molecule has 3 rings (SSSR count). The summed E-state index contributed by atoms with van der Waals surface area (Å²) in [6.45, 7) is 0.856. The Labute approximate surface area is 119 Å². The Bertz CT molecular complexity index is 675. The van der Waals surface area contributed by atoms with Gasteiger partial charge in [0.25, 0.3) is 0 Å². The van der Waals surface area contributed by atoms with Gasteiger partial charge in [-0.2, -0.15) is 16.3 Å². The molecule has 3 aromatic heterocycles. The van der Waals surface area contributed by atoms with Crippen molar-refractivity contribution in [2.75, 3.05) is 24.3 Å². The van der Waals surface area contributed by atoms with Crippen molar-refractivity contribution in [2.45, 2.75) is 6.54 Å². The van der Waals surface area contributed by atoms with Crippen LogP contribution in [0.15, 0.2) is 28.3 Å². The fourth-order valence-corrected chi connectivity index (χ4v) is 3.39. The molecule has 0 bridgehead atoms. The Morgan fingerprint density at radius 3 is 2.89 bits per heavy atom. The molecule has 4 nitrogen and oxygen atoms in total. The molecule has 0 aliphatic carbocycles. The molecule has 0 atom stereocenters. The van der Waals surface area contributed by atoms with Crippen LogP contribution in [0.25, 0.3) is 10.2 Å². The number of rotatable bonds is 4. The van der Waals surface area contributed by atoms with Crippen molar-refractivity contribution in [1.29, 1.82) is 0 Å². The van der Waals surface area contributed by atoms with Crippen LogP contribution in [0.4, 0.5) is 11.8 Å². The molecule has 0 unspecified atom stereocenters. The zero-order valence-electron chi connectivity index (χ0n) is 10.8. The minimum atomic E-state index is 0.669. The number of hydrogen-bond donors (Lipinski definition) is 1. The first-order valence-electron chi connectivity index (χ1n) is 5.93. The van der Waals surface area contributed by atoms with Crippen LogP contribution in [-0.2, 0) is 6.54 Å². The lowest BCUT2D eigenvalue weighted by molar-refractivity contribution is 0.905. The van der Waals surface area contributed by atoms with Crippen LogP contribution in [0.1, 0.15) is 5.56 Å². The third kappa shape index (κ3) is 2.41. The van der Waals surface area contributed by atoms with Gasteiger partial charge in [-0.3, -0.25) is 0 Å². The lowest BCUT2D eigenvalue weighted by Crippen LogP contribution is -2.18. The molecule has 0 radical (unpaired) electrons. The van der Waals surface area contributed by atoms with Crippen LogP contribution in [0.2, 0.25) is 0 Å². The minimum Gasteiger partial charge on any atom is -0.357 e. The lowest BCUT2D eigenvalue weighted by Gasteiger charge is -2.19. The van der Waals surface area contributed by atoms with E-state index >= 15 is 0 Å². The van der Waals surface area contributed by atoms with Crippen molar-refractivity contribution in [3.8, 4) is 0 Å². The highest BCUT2D eigenvalue weighted by Crippen LogP contribution is 2.29. The molecule has 19 heavy (non-hydrogen) atoms. The summed E-state index contributed by atoms with van der Waals surface area (Å²) in [5.74, 6) is 1.64. The van der Waals surface area contributed by atoms with Gasteiger partial charge in [0.05, 0.1) is 5.39 Å². The predicted molar refractivity (Wildman–Crippen MR) is 83.4 cm³/mol. The summed E-state index contributed by atoms with van der Waals surface area (Å²) in [4.78, 5) is 12.2. The monoisotopic (exact) mass is 290 g/mol. The van der Waals surface area contributed by atoms with E-state index in [2.05, 4.69) is 55.5 Å². The highest BCUT2D eigenvalue weighted by atomic mass is 32.1. The van der Waals surface area contributed by atoms with Gasteiger partial charge in [0, 0.05) is 20.6 Å². The van der Waals surface area contributed by atoms with Crippen molar-refractivity contribution in [2.24, 2.45) is 0 Å². The number of nitrogens with one attached hydrogen (secondary N) is 1. The molecular formula is C13H14N4S2. The van der Waals surface area contributed by atoms with Crippen LogP contribution in [0.3, 0.4) is 0 Å². The first-order valence-corrected chi connectivity index (χ1v) is 7.75. The maximum atomic E-state index is 4.59. The van der Waals surface area contributed by atoms with Crippen molar-refractivity contribution in [3.63, 3.8) is 0 Å². The van der Waals surface area contributed by atoms with Crippen molar-refractivity contribution < 1.29 is 0 Å². The molecule has 0 fully saturated rings. The van der Waals surface area contributed by atoms with Gasteiger partial charge in [-0.05, 0) is 33.8 Å². The standard InChI is InChI=1S/C13H14N4S2/c1-14-13-15-11(10-4-6-19-12(10)16-13)17(2)7-9-3-5-18-8-9/h3-6,8H,7H2,1-2H3,(H,14,15,16). The maximum Gasteiger partial charge on any atom is 0.225 e. The lowest BCUT2D eigenvalue weighted by atomic mass is 10.3. The smallest absolute Gasteiger partial charge is 0.225 e. The van der Waals surface area contributed by atoms with E-state index in [4.69, 9.17) is 0 Å². The van der Waals surface area contributed by atoms with Gasteiger partial charge in [-0.25, -0.2) is 4.98 Å². The summed E-state index contributed by atoms with van der Waals surface area (Å²) in [6, 6.07) is 4.23. The largest absolute Gasteiger partial charge is 0.357 e. The zero-order chi connectivity index (χ0) is 13.2. The number of fused-ring (bicyclic) bond motifs is 1. The summed E-state index contributed by atoms with van der Waals surface area (Å²) in [5, 5.41) is 10.5. The van der Waals surface area contributed by atoms with Crippen molar-refractivity contribution in [1.82, 2.24) is 9.97 Å². The van der Waals surface area contributed by atoms with Crippen LogP contribution in [-0.4, -0.2) is 24.1 Å². The maximum absolute atomic E-state index is 4.59. The Balaban J connectivity index is 2.00. The summed E-state index contributed by atoms with van der Waals surface area (Å²) >= 11 is 3.36. The molecule has 3 aromatic rings. The molecule has 6 heteroatoms. The molecule has 0 spiro atoms. The van der Waals surface area contributed by atoms with E-state index in [1.54, 1.807) is 22.7 Å². The first-order chi connectivity index (χ1) is 9.28. The minimum absolute atomic E-state index is 0.669. The van der Waals surface area contributed by atoms with Crippen LogP contribution >= 0.6 is 22.7 Å². The van der Waals surface area contributed by atoms with E-state index in [1.807, 2.05) is 7.05 Å². The van der Waals surface area contributed by atoms with E-state index in [-0.39, 0.29) is 0 Å². The van der Waals surface area contributed by atoms with Crippen molar-refractivity contribution in [3.05, 3.63) is 33.8 Å². The SMILES string of the molecule is CNc1nc(N(C)Cc2ccsc2)c2ccsc2n1. The molecular weight excluding hydrogens is 276 g/mol. The van der Waals surface area contributed by atoms with E-state index in [0.717, 1.165) is 22.6 Å². The van der Waals surface area contributed by atoms with Gasteiger partial charge in [0.2, 0.25) is 5.95 Å². The van der Waals surface area contributed by atoms with E-state index in [0.29, 0.717) is 5.95 Å². The Hall–Kier alpha value is -1.66. The topological polar surface area (TPSA) is 41.1 Å².